The summed E-state index contributed by atoms with van der Waals surface area (Å²) in [5.41, 5.74) is 12.3. The Kier molecular flexibility index (Phi) is 3.30. The zero-order chi connectivity index (χ0) is 18.4. The summed E-state index contributed by atoms with van der Waals surface area (Å²) in [6, 6.07) is 13.6. The number of nitrogens with one attached hydrogen (secondary N) is 2. The van der Waals surface area contributed by atoms with E-state index in [4.69, 9.17) is 5.73 Å². The molecule has 3 aromatic heterocycles. The maximum Gasteiger partial charge on any atom is 0.253 e. The molecule has 27 heavy (non-hydrogen) atoms. The molecule has 4 N–H and O–H groups in total. The Morgan fingerprint density at radius 1 is 0.741 bits per heavy atom. The van der Waals surface area contributed by atoms with Gasteiger partial charge in [0, 0.05) is 16.6 Å². The fourth-order valence-electron chi connectivity index (χ4n) is 3.27. The highest BCUT2D eigenvalue weighted by atomic mass is 16.1. The number of carbonyl (C=O) groups is 1. The van der Waals surface area contributed by atoms with Gasteiger partial charge < -0.3 is 15.7 Å². The molecule has 0 atom stereocenters. The van der Waals surface area contributed by atoms with Gasteiger partial charge in [-0.2, -0.15) is 0 Å². The van der Waals surface area contributed by atoms with E-state index in [2.05, 4.69) is 19.9 Å². The third-order valence-electron chi connectivity index (χ3n) is 4.47. The number of primary amides is 1. The van der Waals surface area contributed by atoms with Gasteiger partial charge in [0.05, 0.1) is 33.9 Å². The zero-order valence-corrected chi connectivity index (χ0v) is 14.2. The van der Waals surface area contributed by atoms with Gasteiger partial charge in [0.25, 0.3) is 5.91 Å². The first-order chi connectivity index (χ1) is 13.1. The molecular weight excluding hydrogens is 338 g/mol. The molecule has 130 valence electrons. The first kappa shape index (κ1) is 15.3. The summed E-state index contributed by atoms with van der Waals surface area (Å²) in [7, 11) is 0. The van der Waals surface area contributed by atoms with Gasteiger partial charge in [0.2, 0.25) is 0 Å². The number of fused-ring (bicyclic) bond motifs is 8. The largest absolute Gasteiger partial charge is 0.365 e. The summed E-state index contributed by atoms with van der Waals surface area (Å²) in [6.45, 7) is 0. The first-order valence-corrected chi connectivity index (χ1v) is 8.51. The molecule has 0 fully saturated rings. The summed E-state index contributed by atoms with van der Waals surface area (Å²) in [4.78, 5) is 27.8. The molecule has 0 aliphatic carbocycles. The number of aromatic amines is 2. The number of rotatable bonds is 1. The van der Waals surface area contributed by atoms with E-state index >= 15 is 0 Å². The molecule has 6 heteroatoms. The van der Waals surface area contributed by atoms with Gasteiger partial charge >= 0.3 is 0 Å². The summed E-state index contributed by atoms with van der Waals surface area (Å²) >= 11 is 0. The molecule has 5 rings (SSSR count). The maximum atomic E-state index is 12.1. The molecular formula is C21H15N5O. The van der Waals surface area contributed by atoms with Crippen molar-refractivity contribution in [1.82, 2.24) is 19.9 Å². The van der Waals surface area contributed by atoms with Gasteiger partial charge in [-0.3, -0.25) is 4.79 Å². The van der Waals surface area contributed by atoms with Crippen LogP contribution in [0, 0.1) is 0 Å². The first-order valence-electron chi connectivity index (χ1n) is 8.51. The van der Waals surface area contributed by atoms with Crippen molar-refractivity contribution in [3.8, 4) is 0 Å². The summed E-state index contributed by atoms with van der Waals surface area (Å²) < 4.78 is 0. The number of nitrogens with two attached hydrogens (primary N) is 1. The summed E-state index contributed by atoms with van der Waals surface area (Å²) in [5, 5.41) is 0. The lowest BCUT2D eigenvalue weighted by molar-refractivity contribution is 0.100. The monoisotopic (exact) mass is 353 g/mol. The second kappa shape index (κ2) is 5.81. The highest BCUT2D eigenvalue weighted by Gasteiger charge is 2.13. The van der Waals surface area contributed by atoms with Gasteiger partial charge in [-0.15, -0.1) is 0 Å². The Morgan fingerprint density at radius 2 is 1.37 bits per heavy atom. The predicted octanol–water partition coefficient (Wildman–Crippen LogP) is 3.75. The molecule has 2 aliphatic heterocycles. The fourth-order valence-corrected chi connectivity index (χ4v) is 3.27. The van der Waals surface area contributed by atoms with Crippen LogP contribution in [0.5, 0.6) is 0 Å². The lowest BCUT2D eigenvalue weighted by atomic mass is 10.2. The highest BCUT2D eigenvalue weighted by molar-refractivity contribution is 6.03. The molecule has 3 aromatic rings. The number of hydrogen-bond acceptors (Lipinski definition) is 3. The van der Waals surface area contributed by atoms with Crippen LogP contribution >= 0.6 is 0 Å². The van der Waals surface area contributed by atoms with Gasteiger partial charge in [0.15, 0.2) is 0 Å². The van der Waals surface area contributed by atoms with Gasteiger partial charge in [0.1, 0.15) is 0 Å². The van der Waals surface area contributed by atoms with Crippen molar-refractivity contribution >= 4 is 52.3 Å². The van der Waals surface area contributed by atoms with Gasteiger partial charge in [-0.1, -0.05) is 0 Å². The second-order valence-electron chi connectivity index (χ2n) is 6.42. The Labute approximate surface area is 154 Å². The molecule has 0 spiro atoms. The third kappa shape index (κ3) is 2.83. The van der Waals surface area contributed by atoms with E-state index in [1.165, 1.54) is 0 Å². The number of hydrogen-bond donors (Lipinski definition) is 3. The molecule has 5 heterocycles. The average molecular weight is 353 g/mol. The van der Waals surface area contributed by atoms with Crippen LogP contribution in [-0.4, -0.2) is 25.8 Å². The molecule has 0 unspecified atom stereocenters. The third-order valence-corrected chi connectivity index (χ3v) is 4.47. The number of H-pyrrole nitrogens is 2. The minimum absolute atomic E-state index is 0.359. The average Bonchev–Trinajstić information content (AvgIpc) is 3.39. The van der Waals surface area contributed by atoms with E-state index in [0.29, 0.717) is 16.8 Å². The smallest absolute Gasteiger partial charge is 0.253 e. The van der Waals surface area contributed by atoms with Crippen LogP contribution in [0.2, 0.25) is 0 Å². The second-order valence-corrected chi connectivity index (χ2v) is 6.42. The molecule has 0 saturated heterocycles. The van der Waals surface area contributed by atoms with Crippen LogP contribution in [0.25, 0.3) is 46.4 Å². The molecule has 0 saturated carbocycles. The van der Waals surface area contributed by atoms with E-state index in [0.717, 1.165) is 33.6 Å². The molecule has 6 nitrogen and oxygen atoms in total. The van der Waals surface area contributed by atoms with Crippen LogP contribution < -0.4 is 5.73 Å². The highest BCUT2D eigenvalue weighted by Crippen LogP contribution is 2.20. The SMILES string of the molecule is NC(=O)c1c2nc(cc3nc(cc4ccc(cc5ccc1[nH]5)[nH]4)C=C3)C=C2. The van der Waals surface area contributed by atoms with Crippen molar-refractivity contribution in [2.24, 2.45) is 5.73 Å². The van der Waals surface area contributed by atoms with Crippen LogP contribution in [0.3, 0.4) is 0 Å². The number of nitrogens with zero attached hydrogens (tertiary/aromatic N) is 2. The lowest BCUT2D eigenvalue weighted by Gasteiger charge is -1.96. The van der Waals surface area contributed by atoms with Crippen LogP contribution in [-0.2, 0) is 0 Å². The topological polar surface area (TPSA) is 100 Å². The van der Waals surface area contributed by atoms with Crippen LogP contribution in [0.4, 0.5) is 0 Å². The van der Waals surface area contributed by atoms with Crippen molar-refractivity contribution in [2.45, 2.75) is 0 Å². The van der Waals surface area contributed by atoms with E-state index in [1.54, 1.807) is 6.08 Å². The van der Waals surface area contributed by atoms with E-state index < -0.39 is 5.91 Å². The maximum absolute atomic E-state index is 12.1. The van der Waals surface area contributed by atoms with Crippen molar-refractivity contribution in [3.05, 3.63) is 70.8 Å². The molecule has 0 aromatic carbocycles. The van der Waals surface area contributed by atoms with Crippen LogP contribution in [0.15, 0.2) is 42.5 Å². The summed E-state index contributed by atoms with van der Waals surface area (Å²) in [5.74, 6) is -0.528. The van der Waals surface area contributed by atoms with Crippen molar-refractivity contribution in [3.63, 3.8) is 0 Å². The zero-order valence-electron chi connectivity index (χ0n) is 14.2. The van der Waals surface area contributed by atoms with Crippen molar-refractivity contribution in [2.75, 3.05) is 0 Å². The van der Waals surface area contributed by atoms with Gasteiger partial charge in [-0.25, -0.2) is 9.97 Å². The lowest BCUT2D eigenvalue weighted by Crippen LogP contribution is -2.13. The number of aromatic nitrogens is 4. The number of carbonyl (C=O) groups excluding carboxylic acids is 1. The molecule has 0 radical (unpaired) electrons. The Morgan fingerprint density at radius 3 is 2.19 bits per heavy atom. The Hall–Kier alpha value is -3.93. The standard InChI is InChI=1S/C21H15N5O/c22-21(27)20-18-7-5-16(25-18)10-14-3-1-12(23-14)9-13-2-4-15(24-13)11-17-6-8-19(20)26-17/h1-11,23,25H,(H2,22,27). The van der Waals surface area contributed by atoms with E-state index in [9.17, 15) is 4.79 Å². The number of amides is 1. The van der Waals surface area contributed by atoms with Crippen molar-refractivity contribution in [1.29, 1.82) is 0 Å². The van der Waals surface area contributed by atoms with Crippen LogP contribution in [0.1, 0.15) is 33.1 Å². The minimum Gasteiger partial charge on any atom is -0.365 e. The summed E-state index contributed by atoms with van der Waals surface area (Å²) in [6.07, 6.45) is 7.53. The predicted molar refractivity (Wildman–Crippen MR) is 107 cm³/mol. The Bertz CT molecular complexity index is 1310. The molecule has 1 amide bonds. The van der Waals surface area contributed by atoms with Gasteiger partial charge in [-0.05, 0) is 66.8 Å². The molecule has 8 bridgehead atoms. The normalized spacial score (nSPS) is 12.4. The van der Waals surface area contributed by atoms with Crippen molar-refractivity contribution < 1.29 is 4.79 Å². The Balaban J connectivity index is 1.91. The van der Waals surface area contributed by atoms with E-state index in [1.807, 2.05) is 60.7 Å². The fraction of sp³-hybridized carbons (Fsp3) is 0. The van der Waals surface area contributed by atoms with E-state index in [-0.39, 0.29) is 0 Å². The quantitative estimate of drug-likeness (QED) is 0.428. The molecule has 2 aliphatic rings. The minimum atomic E-state index is -0.528.